The van der Waals surface area contributed by atoms with Crippen LogP contribution < -0.4 is 15.4 Å². The van der Waals surface area contributed by atoms with Crippen molar-refractivity contribution in [3.63, 3.8) is 0 Å². The van der Waals surface area contributed by atoms with Crippen molar-refractivity contribution in [2.75, 3.05) is 50.6 Å². The molecule has 2 aliphatic rings. The summed E-state index contributed by atoms with van der Waals surface area (Å²) in [5, 5.41) is 0. The Hall–Kier alpha value is -3.49. The van der Waals surface area contributed by atoms with Gasteiger partial charge in [0.1, 0.15) is 18.2 Å². The molecule has 8 nitrogen and oxygen atoms in total. The summed E-state index contributed by atoms with van der Waals surface area (Å²) in [5.74, 6) is 1.04. The van der Waals surface area contributed by atoms with E-state index in [1.807, 2.05) is 4.90 Å². The average molecular weight is 488 g/mol. The Morgan fingerprint density at radius 2 is 1.53 bits per heavy atom. The molecule has 0 radical (unpaired) electrons. The molecule has 188 valence electrons. The van der Waals surface area contributed by atoms with Crippen LogP contribution in [0.5, 0.6) is 6.01 Å². The van der Waals surface area contributed by atoms with E-state index >= 15 is 0 Å². The fourth-order valence-electron chi connectivity index (χ4n) is 4.88. The molecule has 36 heavy (non-hydrogen) atoms. The minimum atomic E-state index is 0.0940. The number of nitrogens with two attached hydrogens (primary N) is 1. The fourth-order valence-corrected chi connectivity index (χ4v) is 4.88. The summed E-state index contributed by atoms with van der Waals surface area (Å²) in [6.07, 6.45) is 2.86. The molecule has 5 rings (SSSR count). The molecule has 0 saturated carbocycles. The van der Waals surface area contributed by atoms with Crippen LogP contribution in [0.2, 0.25) is 0 Å². The van der Waals surface area contributed by atoms with Gasteiger partial charge in [0, 0.05) is 32.2 Å². The summed E-state index contributed by atoms with van der Waals surface area (Å²) in [4.78, 5) is 25.7. The predicted molar refractivity (Wildman–Crippen MR) is 140 cm³/mol. The van der Waals surface area contributed by atoms with Gasteiger partial charge in [-0.25, -0.2) is 0 Å². The van der Waals surface area contributed by atoms with Crippen molar-refractivity contribution in [1.82, 2.24) is 14.9 Å². The zero-order valence-corrected chi connectivity index (χ0v) is 20.8. The molecule has 2 N–H and O–H groups in total. The van der Waals surface area contributed by atoms with E-state index in [1.165, 1.54) is 42.6 Å². The molecule has 1 saturated heterocycles. The van der Waals surface area contributed by atoms with Gasteiger partial charge in [0.15, 0.2) is 5.78 Å². The Balaban J connectivity index is 1.29. The van der Waals surface area contributed by atoms with E-state index in [4.69, 9.17) is 15.2 Å². The van der Waals surface area contributed by atoms with Gasteiger partial charge in [0.25, 0.3) is 0 Å². The lowest BCUT2D eigenvalue weighted by atomic mass is 10.0. The van der Waals surface area contributed by atoms with Crippen molar-refractivity contribution < 1.29 is 14.3 Å². The molecule has 2 aliphatic heterocycles. The van der Waals surface area contributed by atoms with Gasteiger partial charge in [-0.2, -0.15) is 9.97 Å². The maximum absolute atomic E-state index is 12.4. The number of hydrogen-bond donors (Lipinski definition) is 1. The van der Waals surface area contributed by atoms with Gasteiger partial charge < -0.3 is 20.1 Å². The molecule has 1 aromatic heterocycles. The summed E-state index contributed by atoms with van der Waals surface area (Å²) < 4.78 is 10.6. The SMILES string of the molecule is COCCOc1nc(N)c2c(n1)N(Cc1ccc(-c3ccc(CN4CCCC4)cc3)cc1)CC(=O)C2. The number of carbonyl (C=O) groups is 1. The number of methoxy groups -OCH3 is 1. The number of fused-ring (bicyclic) bond motifs is 1. The quantitative estimate of drug-likeness (QED) is 0.459. The number of anilines is 2. The maximum Gasteiger partial charge on any atom is 0.320 e. The van der Waals surface area contributed by atoms with Gasteiger partial charge >= 0.3 is 6.01 Å². The summed E-state index contributed by atoms with van der Waals surface area (Å²) in [7, 11) is 1.61. The van der Waals surface area contributed by atoms with E-state index in [0.717, 1.165) is 12.1 Å². The number of likely N-dealkylation sites (tertiary alicyclic amines) is 1. The fraction of sp³-hybridized carbons (Fsp3) is 0.393. The van der Waals surface area contributed by atoms with Crippen molar-refractivity contribution in [2.24, 2.45) is 0 Å². The zero-order valence-electron chi connectivity index (χ0n) is 20.8. The standard InChI is InChI=1S/C28H33N5O3/c1-35-14-15-36-28-30-26(29)25-16-24(34)19-33(27(25)31-28)18-21-6-10-23(11-7-21)22-8-4-20(5-9-22)17-32-12-2-3-13-32/h4-11H,2-3,12-19H2,1H3,(H2,29,30,31). The first-order valence-electron chi connectivity index (χ1n) is 12.5. The largest absolute Gasteiger partial charge is 0.461 e. The van der Waals surface area contributed by atoms with Gasteiger partial charge in [-0.05, 0) is 48.2 Å². The summed E-state index contributed by atoms with van der Waals surface area (Å²) in [6.45, 7) is 5.02. The molecule has 0 amide bonds. The molecular weight excluding hydrogens is 454 g/mol. The van der Waals surface area contributed by atoms with Crippen LogP contribution in [0.25, 0.3) is 11.1 Å². The van der Waals surface area contributed by atoms with Gasteiger partial charge in [-0.1, -0.05) is 48.5 Å². The lowest BCUT2D eigenvalue weighted by molar-refractivity contribution is -0.117. The molecule has 0 aliphatic carbocycles. The van der Waals surface area contributed by atoms with Crippen molar-refractivity contribution in [2.45, 2.75) is 32.4 Å². The molecule has 3 heterocycles. The van der Waals surface area contributed by atoms with E-state index in [2.05, 4.69) is 63.4 Å². The molecule has 0 bridgehead atoms. The van der Waals surface area contributed by atoms with Crippen molar-refractivity contribution in [3.8, 4) is 17.1 Å². The minimum Gasteiger partial charge on any atom is -0.461 e. The number of aromatic nitrogens is 2. The van der Waals surface area contributed by atoms with Gasteiger partial charge in [-0.3, -0.25) is 9.69 Å². The van der Waals surface area contributed by atoms with Crippen LogP contribution in [-0.4, -0.2) is 60.6 Å². The van der Waals surface area contributed by atoms with E-state index in [-0.39, 0.29) is 30.6 Å². The van der Waals surface area contributed by atoms with E-state index in [9.17, 15) is 4.79 Å². The third-order valence-corrected chi connectivity index (χ3v) is 6.78. The monoisotopic (exact) mass is 487 g/mol. The first-order chi connectivity index (χ1) is 17.6. The Morgan fingerprint density at radius 1 is 0.889 bits per heavy atom. The van der Waals surface area contributed by atoms with Crippen molar-refractivity contribution in [1.29, 1.82) is 0 Å². The third-order valence-electron chi connectivity index (χ3n) is 6.78. The third kappa shape index (κ3) is 5.66. The van der Waals surface area contributed by atoms with Crippen LogP contribution in [0.15, 0.2) is 48.5 Å². The van der Waals surface area contributed by atoms with E-state index in [1.54, 1.807) is 7.11 Å². The average Bonchev–Trinajstić information content (AvgIpc) is 3.39. The summed E-state index contributed by atoms with van der Waals surface area (Å²) in [5.41, 5.74) is 11.6. The number of ketones is 1. The smallest absolute Gasteiger partial charge is 0.320 e. The Labute approximate surface area is 212 Å². The topological polar surface area (TPSA) is 93.8 Å². The summed E-state index contributed by atoms with van der Waals surface area (Å²) in [6, 6.07) is 17.5. The highest BCUT2D eigenvalue weighted by atomic mass is 16.5. The van der Waals surface area contributed by atoms with Crippen molar-refractivity contribution >= 4 is 17.4 Å². The van der Waals surface area contributed by atoms with Crippen molar-refractivity contribution in [3.05, 3.63) is 65.2 Å². The van der Waals surface area contributed by atoms with Crippen LogP contribution in [0.1, 0.15) is 29.5 Å². The first-order valence-corrected chi connectivity index (χ1v) is 12.5. The minimum absolute atomic E-state index is 0.0940. The number of rotatable bonds is 9. The second-order valence-corrected chi connectivity index (χ2v) is 9.48. The lowest BCUT2D eigenvalue weighted by Gasteiger charge is -2.30. The second-order valence-electron chi connectivity index (χ2n) is 9.48. The number of ether oxygens (including phenoxy) is 2. The lowest BCUT2D eigenvalue weighted by Crippen LogP contribution is -2.36. The second kappa shape index (κ2) is 11.1. The molecule has 1 fully saturated rings. The number of benzene rings is 2. The molecule has 3 aromatic rings. The number of nitrogens with zero attached hydrogens (tertiary/aromatic N) is 4. The highest BCUT2D eigenvalue weighted by molar-refractivity contribution is 5.91. The van der Waals surface area contributed by atoms with Gasteiger partial charge in [0.05, 0.1) is 13.2 Å². The van der Waals surface area contributed by atoms with E-state index in [0.29, 0.717) is 31.1 Å². The summed E-state index contributed by atoms with van der Waals surface area (Å²) >= 11 is 0. The number of nitrogen functional groups attached to an aromatic ring is 1. The number of hydrogen-bond acceptors (Lipinski definition) is 8. The molecule has 2 aromatic carbocycles. The Bertz CT molecular complexity index is 1190. The number of carbonyl (C=O) groups excluding carboxylic acids is 1. The van der Waals surface area contributed by atoms with E-state index < -0.39 is 0 Å². The Morgan fingerprint density at radius 3 is 2.17 bits per heavy atom. The predicted octanol–water partition coefficient (Wildman–Crippen LogP) is 3.48. The number of Topliss-reactive ketones (excluding diaryl/α,β-unsaturated/α-hetero) is 1. The molecule has 0 spiro atoms. The van der Waals surface area contributed by atoms with Crippen LogP contribution >= 0.6 is 0 Å². The van der Waals surface area contributed by atoms with Gasteiger partial charge in [0.2, 0.25) is 0 Å². The molecule has 8 heteroatoms. The first kappa shape index (κ1) is 24.2. The van der Waals surface area contributed by atoms with Crippen LogP contribution in [0, 0.1) is 0 Å². The Kier molecular flexibility index (Phi) is 7.44. The molecule has 0 atom stereocenters. The highest BCUT2D eigenvalue weighted by Gasteiger charge is 2.27. The van der Waals surface area contributed by atoms with Crippen LogP contribution in [0.4, 0.5) is 11.6 Å². The van der Waals surface area contributed by atoms with Crippen LogP contribution in [-0.2, 0) is 29.0 Å². The molecular formula is C28H33N5O3. The molecule has 0 unspecified atom stereocenters. The highest BCUT2D eigenvalue weighted by Crippen LogP contribution is 2.31. The normalized spacial score (nSPS) is 15.8. The van der Waals surface area contributed by atoms with Gasteiger partial charge in [-0.15, -0.1) is 0 Å². The maximum atomic E-state index is 12.4. The zero-order chi connectivity index (χ0) is 24.9. The van der Waals surface area contributed by atoms with Crippen LogP contribution in [0.3, 0.4) is 0 Å².